The average Bonchev–Trinajstić information content (AvgIpc) is 2.38. The molecule has 0 spiro atoms. The van der Waals surface area contributed by atoms with Crippen molar-refractivity contribution >= 4 is 11.6 Å². The van der Waals surface area contributed by atoms with E-state index in [0.29, 0.717) is 28.8 Å². The fraction of sp³-hybridized carbons (Fsp3) is 0.706. The molecule has 118 valence electrons. The molecule has 1 aromatic heterocycles. The Morgan fingerprint density at radius 3 is 2.52 bits per heavy atom. The zero-order chi connectivity index (χ0) is 15.4. The summed E-state index contributed by atoms with van der Waals surface area (Å²) in [5.74, 6) is 2.01. The van der Waals surface area contributed by atoms with Crippen LogP contribution in [-0.2, 0) is 6.54 Å². The van der Waals surface area contributed by atoms with Crippen molar-refractivity contribution in [2.75, 3.05) is 0 Å². The molecule has 1 aliphatic carbocycles. The first-order valence-electron chi connectivity index (χ1n) is 7.98. The van der Waals surface area contributed by atoms with E-state index in [9.17, 15) is 0 Å². The van der Waals surface area contributed by atoms with Gasteiger partial charge in [-0.1, -0.05) is 39.3 Å². The summed E-state index contributed by atoms with van der Waals surface area (Å²) in [5, 5.41) is 3.98. The van der Waals surface area contributed by atoms with Gasteiger partial charge in [-0.3, -0.25) is 0 Å². The lowest BCUT2D eigenvalue weighted by molar-refractivity contribution is 0.0968. The molecule has 1 N–H and O–H groups in total. The normalized spacial score (nSPS) is 26.1. The van der Waals surface area contributed by atoms with E-state index in [1.54, 1.807) is 0 Å². The lowest BCUT2D eigenvalue weighted by Crippen LogP contribution is -2.29. The highest BCUT2D eigenvalue weighted by molar-refractivity contribution is 6.31. The molecule has 3 nitrogen and oxygen atoms in total. The Morgan fingerprint density at radius 1 is 1.29 bits per heavy atom. The van der Waals surface area contributed by atoms with Crippen molar-refractivity contribution in [3.63, 3.8) is 0 Å². The number of hydrogen-bond donors (Lipinski definition) is 1. The summed E-state index contributed by atoms with van der Waals surface area (Å²) in [5.41, 5.74) is 1.09. The van der Waals surface area contributed by atoms with Crippen molar-refractivity contribution < 1.29 is 4.74 Å². The molecule has 0 aliphatic heterocycles. The predicted molar refractivity (Wildman–Crippen MR) is 87.8 cm³/mol. The van der Waals surface area contributed by atoms with Gasteiger partial charge in [0.15, 0.2) is 0 Å². The summed E-state index contributed by atoms with van der Waals surface area (Å²) in [6.07, 6.45) is 5.58. The van der Waals surface area contributed by atoms with Gasteiger partial charge >= 0.3 is 0 Å². The second kappa shape index (κ2) is 7.46. The molecule has 1 aromatic rings. The number of nitrogens with one attached hydrogen (secondary N) is 1. The molecular weight excluding hydrogens is 284 g/mol. The van der Waals surface area contributed by atoms with Gasteiger partial charge in [-0.2, -0.15) is 0 Å². The van der Waals surface area contributed by atoms with E-state index in [0.717, 1.165) is 24.9 Å². The fourth-order valence-corrected chi connectivity index (χ4v) is 3.33. The van der Waals surface area contributed by atoms with Gasteiger partial charge in [-0.15, -0.1) is 0 Å². The Bertz CT molecular complexity index is 454. The Hall–Kier alpha value is -0.800. The first-order valence-corrected chi connectivity index (χ1v) is 8.36. The van der Waals surface area contributed by atoms with Crippen molar-refractivity contribution in [1.29, 1.82) is 0 Å². The minimum absolute atomic E-state index is 0.244. The van der Waals surface area contributed by atoms with Gasteiger partial charge in [-0.25, -0.2) is 4.98 Å². The third-order valence-corrected chi connectivity index (χ3v) is 4.26. The molecule has 0 amide bonds. The van der Waals surface area contributed by atoms with Crippen LogP contribution < -0.4 is 10.1 Å². The van der Waals surface area contributed by atoms with Crippen LogP contribution in [0.3, 0.4) is 0 Å². The number of halogens is 1. The number of pyridine rings is 1. The topological polar surface area (TPSA) is 34.1 Å². The molecule has 2 unspecified atom stereocenters. The summed E-state index contributed by atoms with van der Waals surface area (Å²) < 4.78 is 6.04. The number of hydrogen-bond acceptors (Lipinski definition) is 3. The highest BCUT2D eigenvalue weighted by atomic mass is 35.5. The summed E-state index contributed by atoms with van der Waals surface area (Å²) in [6, 6.07) is 2.40. The van der Waals surface area contributed by atoms with Gasteiger partial charge in [0.25, 0.3) is 0 Å². The summed E-state index contributed by atoms with van der Waals surface area (Å²) >= 11 is 6.32. The quantitative estimate of drug-likeness (QED) is 0.873. The van der Waals surface area contributed by atoms with E-state index < -0.39 is 0 Å². The maximum Gasteiger partial charge on any atom is 0.232 e. The molecule has 2 atom stereocenters. The molecule has 2 rings (SSSR count). The largest absolute Gasteiger partial charge is 0.473 e. The SMILES string of the molecule is CC1CC(C)CC(Oc2ncc(CNC(C)C)cc2Cl)C1. The second-order valence-electron chi connectivity index (χ2n) is 6.82. The van der Waals surface area contributed by atoms with Crippen LogP contribution in [0.1, 0.15) is 52.5 Å². The first kappa shape index (κ1) is 16.6. The minimum atomic E-state index is 0.244. The summed E-state index contributed by atoms with van der Waals surface area (Å²) in [7, 11) is 0. The molecule has 21 heavy (non-hydrogen) atoms. The van der Waals surface area contributed by atoms with E-state index >= 15 is 0 Å². The molecule has 1 saturated carbocycles. The van der Waals surface area contributed by atoms with E-state index in [4.69, 9.17) is 16.3 Å². The number of ether oxygens (including phenoxy) is 1. The Kier molecular flexibility index (Phi) is 5.88. The summed E-state index contributed by atoms with van der Waals surface area (Å²) in [4.78, 5) is 4.41. The maximum atomic E-state index is 6.32. The standard InChI is InChI=1S/C17H27ClN2O/c1-11(2)19-9-14-8-16(18)17(20-10-14)21-15-6-12(3)5-13(4)7-15/h8,10-13,15,19H,5-7,9H2,1-4H3. The van der Waals surface area contributed by atoms with Gasteiger partial charge in [0.05, 0.1) is 0 Å². The third kappa shape index (κ3) is 5.15. The van der Waals surface area contributed by atoms with E-state index in [2.05, 4.69) is 38.0 Å². The van der Waals surface area contributed by atoms with Gasteiger partial charge in [0.1, 0.15) is 11.1 Å². The molecule has 0 bridgehead atoms. The monoisotopic (exact) mass is 310 g/mol. The average molecular weight is 311 g/mol. The van der Waals surface area contributed by atoms with Crippen LogP contribution in [0.4, 0.5) is 0 Å². The number of aromatic nitrogens is 1. The molecule has 1 heterocycles. The highest BCUT2D eigenvalue weighted by Gasteiger charge is 2.26. The Labute approximate surface area is 133 Å². The number of nitrogens with zero attached hydrogens (tertiary/aromatic N) is 1. The number of rotatable bonds is 5. The van der Waals surface area contributed by atoms with Gasteiger partial charge < -0.3 is 10.1 Å². The van der Waals surface area contributed by atoms with Crippen LogP contribution >= 0.6 is 11.6 Å². The first-order chi connectivity index (χ1) is 9.94. The van der Waals surface area contributed by atoms with Crippen LogP contribution in [0.25, 0.3) is 0 Å². The fourth-order valence-electron chi connectivity index (χ4n) is 3.10. The summed E-state index contributed by atoms with van der Waals surface area (Å²) in [6.45, 7) is 9.61. The lowest BCUT2D eigenvalue weighted by Gasteiger charge is -2.31. The highest BCUT2D eigenvalue weighted by Crippen LogP contribution is 2.32. The van der Waals surface area contributed by atoms with E-state index in [1.165, 1.54) is 6.42 Å². The minimum Gasteiger partial charge on any atom is -0.473 e. The third-order valence-electron chi connectivity index (χ3n) is 3.99. The molecule has 1 aliphatic rings. The Morgan fingerprint density at radius 2 is 1.95 bits per heavy atom. The maximum absolute atomic E-state index is 6.32. The van der Waals surface area contributed by atoms with Crippen molar-refractivity contribution in [2.45, 2.75) is 65.6 Å². The van der Waals surface area contributed by atoms with Crippen LogP contribution in [0.2, 0.25) is 5.02 Å². The zero-order valence-electron chi connectivity index (χ0n) is 13.5. The Balaban J connectivity index is 1.97. The smallest absolute Gasteiger partial charge is 0.232 e. The molecule has 4 heteroatoms. The van der Waals surface area contributed by atoms with Crippen LogP contribution in [0.5, 0.6) is 5.88 Å². The molecule has 0 radical (unpaired) electrons. The van der Waals surface area contributed by atoms with Gasteiger partial charge in [0.2, 0.25) is 5.88 Å². The molecular formula is C17H27ClN2O. The van der Waals surface area contributed by atoms with Gasteiger partial charge in [0, 0.05) is 18.8 Å². The van der Waals surface area contributed by atoms with Crippen molar-refractivity contribution in [3.8, 4) is 5.88 Å². The van der Waals surface area contributed by atoms with Crippen molar-refractivity contribution in [3.05, 3.63) is 22.8 Å². The second-order valence-corrected chi connectivity index (χ2v) is 7.23. The molecule has 0 aromatic carbocycles. The lowest BCUT2D eigenvalue weighted by atomic mass is 9.82. The van der Waals surface area contributed by atoms with Crippen LogP contribution in [0, 0.1) is 11.8 Å². The van der Waals surface area contributed by atoms with Crippen molar-refractivity contribution in [2.24, 2.45) is 11.8 Å². The molecule has 1 fully saturated rings. The van der Waals surface area contributed by atoms with Gasteiger partial charge in [-0.05, 0) is 42.7 Å². The predicted octanol–water partition coefficient (Wildman–Crippen LogP) is 4.44. The van der Waals surface area contributed by atoms with E-state index in [-0.39, 0.29) is 6.10 Å². The van der Waals surface area contributed by atoms with Crippen LogP contribution in [0.15, 0.2) is 12.3 Å². The van der Waals surface area contributed by atoms with E-state index in [1.807, 2.05) is 12.3 Å². The van der Waals surface area contributed by atoms with Crippen LogP contribution in [-0.4, -0.2) is 17.1 Å². The molecule has 0 saturated heterocycles. The van der Waals surface area contributed by atoms with Crippen molar-refractivity contribution in [1.82, 2.24) is 10.3 Å². The zero-order valence-corrected chi connectivity index (χ0v) is 14.3.